The zero-order chi connectivity index (χ0) is 14.9. The Morgan fingerprint density at radius 2 is 1.76 bits per heavy atom. The third kappa shape index (κ3) is 5.54. The third-order valence-corrected chi connectivity index (χ3v) is 5.49. The van der Waals surface area contributed by atoms with Gasteiger partial charge in [-0.15, -0.1) is 0 Å². The summed E-state index contributed by atoms with van der Waals surface area (Å²) in [5.41, 5.74) is 0. The zero-order valence-corrected chi connectivity index (χ0v) is 14.0. The Kier molecular flexibility index (Phi) is 8.05. The van der Waals surface area contributed by atoms with E-state index in [0.717, 1.165) is 12.5 Å². The monoisotopic (exact) mass is 296 g/mol. The average molecular weight is 296 g/mol. The van der Waals surface area contributed by atoms with E-state index in [1.807, 2.05) is 0 Å². The lowest BCUT2D eigenvalue weighted by atomic mass is 9.93. The van der Waals surface area contributed by atoms with Gasteiger partial charge < -0.3 is 10.4 Å². The molecule has 3 heteroatoms. The van der Waals surface area contributed by atoms with Gasteiger partial charge in [-0.1, -0.05) is 39.0 Å². The summed E-state index contributed by atoms with van der Waals surface area (Å²) in [6.07, 6.45) is 13.3. The van der Waals surface area contributed by atoms with E-state index in [2.05, 4.69) is 17.1 Å². The number of hydrogen-bond donors (Lipinski definition) is 2. The number of aliphatic hydroxyl groups excluding tert-OH is 1. The molecule has 0 radical (unpaired) electrons. The summed E-state index contributed by atoms with van der Waals surface area (Å²) in [5, 5.41) is 13.5. The molecule has 1 heterocycles. The van der Waals surface area contributed by atoms with Crippen LogP contribution in [0.3, 0.4) is 0 Å². The topological polar surface area (TPSA) is 35.5 Å². The van der Waals surface area contributed by atoms with E-state index in [1.54, 1.807) is 0 Å². The van der Waals surface area contributed by atoms with Crippen molar-refractivity contribution in [2.75, 3.05) is 26.2 Å². The van der Waals surface area contributed by atoms with Gasteiger partial charge >= 0.3 is 0 Å². The van der Waals surface area contributed by atoms with Crippen molar-refractivity contribution in [1.82, 2.24) is 10.2 Å². The quantitative estimate of drug-likeness (QED) is 0.739. The SMILES string of the molecule is CCCNC1CCCCCC1CN1CCCCCC1CO. The molecule has 3 nitrogen and oxygen atoms in total. The molecule has 2 N–H and O–H groups in total. The second-order valence-electron chi connectivity index (χ2n) is 7.14. The van der Waals surface area contributed by atoms with E-state index in [-0.39, 0.29) is 0 Å². The molecule has 0 aromatic carbocycles. The molecule has 0 aromatic heterocycles. The van der Waals surface area contributed by atoms with Crippen molar-refractivity contribution < 1.29 is 5.11 Å². The number of likely N-dealkylation sites (tertiary alicyclic amines) is 1. The number of rotatable bonds is 6. The molecule has 3 unspecified atom stereocenters. The predicted molar refractivity (Wildman–Crippen MR) is 89.6 cm³/mol. The van der Waals surface area contributed by atoms with Gasteiger partial charge in [0, 0.05) is 18.6 Å². The summed E-state index contributed by atoms with van der Waals surface area (Å²) >= 11 is 0. The molecule has 0 amide bonds. The lowest BCUT2D eigenvalue weighted by molar-refractivity contribution is 0.0977. The second-order valence-corrected chi connectivity index (χ2v) is 7.14. The van der Waals surface area contributed by atoms with E-state index in [0.29, 0.717) is 18.7 Å². The van der Waals surface area contributed by atoms with Crippen molar-refractivity contribution in [1.29, 1.82) is 0 Å². The standard InChI is InChI=1S/C18H36N2O/c1-2-12-19-18-11-7-3-5-9-16(18)14-20-13-8-4-6-10-17(20)15-21/h16-19,21H,2-15H2,1H3. The highest BCUT2D eigenvalue weighted by Gasteiger charge is 2.28. The molecule has 0 spiro atoms. The summed E-state index contributed by atoms with van der Waals surface area (Å²) < 4.78 is 0. The predicted octanol–water partition coefficient (Wildman–Crippen LogP) is 3.17. The molecule has 1 saturated heterocycles. The minimum Gasteiger partial charge on any atom is -0.395 e. The highest BCUT2D eigenvalue weighted by Crippen LogP contribution is 2.27. The van der Waals surface area contributed by atoms with Gasteiger partial charge in [-0.2, -0.15) is 0 Å². The van der Waals surface area contributed by atoms with E-state index in [9.17, 15) is 5.11 Å². The first-order valence-electron chi connectivity index (χ1n) is 9.43. The van der Waals surface area contributed by atoms with Crippen molar-refractivity contribution in [2.24, 2.45) is 5.92 Å². The molecule has 2 rings (SSSR count). The maximum absolute atomic E-state index is 9.72. The number of hydrogen-bond acceptors (Lipinski definition) is 3. The van der Waals surface area contributed by atoms with Crippen LogP contribution in [0.5, 0.6) is 0 Å². The Bertz CT molecular complexity index is 272. The molecule has 1 aliphatic carbocycles. The third-order valence-electron chi connectivity index (χ3n) is 5.49. The van der Waals surface area contributed by atoms with Gasteiger partial charge in [0.1, 0.15) is 0 Å². The van der Waals surface area contributed by atoms with Crippen LogP contribution < -0.4 is 5.32 Å². The Balaban J connectivity index is 1.94. The Morgan fingerprint density at radius 3 is 2.57 bits per heavy atom. The van der Waals surface area contributed by atoms with Gasteiger partial charge in [-0.3, -0.25) is 4.90 Å². The van der Waals surface area contributed by atoms with Crippen molar-refractivity contribution in [3.05, 3.63) is 0 Å². The van der Waals surface area contributed by atoms with Crippen LogP contribution in [0.25, 0.3) is 0 Å². The van der Waals surface area contributed by atoms with E-state index >= 15 is 0 Å². The fourth-order valence-corrected chi connectivity index (χ4v) is 4.19. The second kappa shape index (κ2) is 9.81. The molecule has 0 aromatic rings. The van der Waals surface area contributed by atoms with Crippen LogP contribution in [0.15, 0.2) is 0 Å². The van der Waals surface area contributed by atoms with Gasteiger partial charge in [0.05, 0.1) is 6.61 Å². The molecule has 21 heavy (non-hydrogen) atoms. The van der Waals surface area contributed by atoms with Gasteiger partial charge in [0.25, 0.3) is 0 Å². The van der Waals surface area contributed by atoms with Crippen LogP contribution in [-0.2, 0) is 0 Å². The van der Waals surface area contributed by atoms with Gasteiger partial charge in [0.15, 0.2) is 0 Å². The first kappa shape index (κ1) is 17.2. The van der Waals surface area contributed by atoms with Crippen LogP contribution in [0.1, 0.15) is 71.1 Å². The Labute approximate surface area is 131 Å². The van der Waals surface area contributed by atoms with E-state index < -0.39 is 0 Å². The van der Waals surface area contributed by atoms with Crippen LogP contribution in [-0.4, -0.2) is 48.3 Å². The molecule has 2 aliphatic rings. The normalized spacial score (nSPS) is 32.6. The molecule has 0 bridgehead atoms. The highest BCUT2D eigenvalue weighted by atomic mass is 16.3. The van der Waals surface area contributed by atoms with Crippen LogP contribution >= 0.6 is 0 Å². The molecule has 2 fully saturated rings. The summed E-state index contributed by atoms with van der Waals surface area (Å²) in [6, 6.07) is 1.12. The van der Waals surface area contributed by atoms with Gasteiger partial charge in [-0.05, 0) is 51.1 Å². The fourth-order valence-electron chi connectivity index (χ4n) is 4.19. The van der Waals surface area contributed by atoms with E-state index in [1.165, 1.54) is 77.3 Å². The van der Waals surface area contributed by atoms with Crippen LogP contribution in [0.2, 0.25) is 0 Å². The first-order chi connectivity index (χ1) is 10.3. The molecule has 3 atom stereocenters. The maximum Gasteiger partial charge on any atom is 0.0586 e. The Hall–Kier alpha value is -0.120. The minimum absolute atomic E-state index is 0.347. The number of nitrogens with one attached hydrogen (secondary N) is 1. The summed E-state index contributed by atoms with van der Waals surface area (Å²) in [6.45, 7) is 6.16. The minimum atomic E-state index is 0.347. The largest absolute Gasteiger partial charge is 0.395 e. The molecule has 1 saturated carbocycles. The molecular formula is C18H36N2O. The lowest BCUT2D eigenvalue weighted by Crippen LogP contribution is -2.46. The average Bonchev–Trinajstić information content (AvgIpc) is 2.86. The van der Waals surface area contributed by atoms with Gasteiger partial charge in [0.2, 0.25) is 0 Å². The molecule has 1 aliphatic heterocycles. The van der Waals surface area contributed by atoms with Crippen molar-refractivity contribution in [3.63, 3.8) is 0 Å². The van der Waals surface area contributed by atoms with E-state index in [4.69, 9.17) is 0 Å². The lowest BCUT2D eigenvalue weighted by Gasteiger charge is -2.35. The summed E-state index contributed by atoms with van der Waals surface area (Å²) in [5.74, 6) is 0.784. The first-order valence-corrected chi connectivity index (χ1v) is 9.43. The van der Waals surface area contributed by atoms with Crippen LogP contribution in [0.4, 0.5) is 0 Å². The van der Waals surface area contributed by atoms with Crippen molar-refractivity contribution >= 4 is 0 Å². The van der Waals surface area contributed by atoms with Crippen molar-refractivity contribution in [3.8, 4) is 0 Å². The highest BCUT2D eigenvalue weighted by molar-refractivity contribution is 4.85. The molecule has 124 valence electrons. The van der Waals surface area contributed by atoms with Gasteiger partial charge in [-0.25, -0.2) is 0 Å². The number of aliphatic hydroxyl groups is 1. The van der Waals surface area contributed by atoms with Crippen LogP contribution in [0, 0.1) is 5.92 Å². The smallest absolute Gasteiger partial charge is 0.0586 e. The van der Waals surface area contributed by atoms with Crippen molar-refractivity contribution in [2.45, 2.75) is 83.2 Å². The summed E-state index contributed by atoms with van der Waals surface area (Å²) in [4.78, 5) is 2.61. The Morgan fingerprint density at radius 1 is 1.00 bits per heavy atom. The molecular weight excluding hydrogens is 260 g/mol. The number of nitrogens with zero attached hydrogens (tertiary/aromatic N) is 1. The zero-order valence-electron chi connectivity index (χ0n) is 14.0. The fraction of sp³-hybridized carbons (Fsp3) is 1.00. The summed E-state index contributed by atoms with van der Waals surface area (Å²) in [7, 11) is 0. The maximum atomic E-state index is 9.72.